The Morgan fingerprint density at radius 3 is 2.56 bits per heavy atom. The Bertz CT molecular complexity index is 1230. The summed E-state index contributed by atoms with van der Waals surface area (Å²) in [6, 6.07) is 13.5. The minimum atomic E-state index is -0.823. The van der Waals surface area contributed by atoms with E-state index < -0.39 is 16.6 Å². The van der Waals surface area contributed by atoms with Crippen molar-refractivity contribution in [3.05, 3.63) is 91.4 Å². The number of nitrogens with zero attached hydrogens (tertiary/aromatic N) is 2. The van der Waals surface area contributed by atoms with Crippen LogP contribution in [0.5, 0.6) is 17.2 Å². The normalized spacial score (nSPS) is 10.8. The highest BCUT2D eigenvalue weighted by Crippen LogP contribution is 2.37. The smallest absolute Gasteiger partial charge is 0.275 e. The summed E-state index contributed by atoms with van der Waals surface area (Å²) in [6.45, 7) is 2.41. The molecule has 176 valence electrons. The zero-order chi connectivity index (χ0) is 24.7. The number of hydrogen-bond acceptors (Lipinski definition) is 7. The Morgan fingerprint density at radius 1 is 1.15 bits per heavy atom. The van der Waals surface area contributed by atoms with Crippen molar-refractivity contribution in [1.29, 1.82) is 0 Å². The van der Waals surface area contributed by atoms with Crippen LogP contribution in [0.3, 0.4) is 0 Å². The van der Waals surface area contributed by atoms with Gasteiger partial charge in [-0.25, -0.2) is 5.43 Å². The lowest BCUT2D eigenvalue weighted by Crippen LogP contribution is -2.18. The summed E-state index contributed by atoms with van der Waals surface area (Å²) in [7, 11) is 0. The lowest BCUT2D eigenvalue weighted by Gasteiger charge is -2.14. The minimum absolute atomic E-state index is 0.243. The maximum absolute atomic E-state index is 12.3. The number of nitro benzene ring substituents is 1. The number of nitrogens with one attached hydrogen (secondary N) is 1. The number of nitro groups is 1. The number of ether oxygens (including phenoxy) is 2. The van der Waals surface area contributed by atoms with Gasteiger partial charge in [-0.2, -0.15) is 5.10 Å². The van der Waals surface area contributed by atoms with Crippen LogP contribution in [0.15, 0.2) is 59.7 Å². The van der Waals surface area contributed by atoms with Gasteiger partial charge in [-0.3, -0.25) is 14.9 Å². The first kappa shape index (κ1) is 24.8. The zero-order valence-electron chi connectivity index (χ0n) is 17.8. The van der Waals surface area contributed by atoms with Gasteiger partial charge in [0, 0.05) is 17.2 Å². The molecular weight excluding hydrogens is 485 g/mol. The van der Waals surface area contributed by atoms with E-state index in [0.29, 0.717) is 28.7 Å². The third-order valence-corrected chi connectivity index (χ3v) is 4.98. The Kier molecular flexibility index (Phi) is 8.29. The van der Waals surface area contributed by atoms with Gasteiger partial charge in [0.05, 0.1) is 28.3 Å². The monoisotopic (exact) mass is 503 g/mol. The number of amides is 1. The Balaban J connectivity index is 1.74. The molecule has 2 N–H and O–H groups in total. The summed E-state index contributed by atoms with van der Waals surface area (Å²) >= 11 is 12.3. The van der Waals surface area contributed by atoms with Gasteiger partial charge >= 0.3 is 0 Å². The van der Waals surface area contributed by atoms with Crippen molar-refractivity contribution in [3.63, 3.8) is 0 Å². The highest BCUT2D eigenvalue weighted by molar-refractivity contribution is 6.32. The summed E-state index contributed by atoms with van der Waals surface area (Å²) in [5.74, 6) is -0.507. The van der Waals surface area contributed by atoms with E-state index in [2.05, 4.69) is 10.5 Å². The SMILES string of the molecule is CCOc1cc(/C=N\NC(=O)c2cc([N+](=O)[O-])ccc2O)cc(Cl)c1OCc1ccc(Cl)cc1. The number of aromatic hydroxyl groups is 1. The molecule has 0 aliphatic heterocycles. The zero-order valence-corrected chi connectivity index (χ0v) is 19.3. The molecule has 0 aromatic heterocycles. The predicted octanol–water partition coefficient (Wildman–Crippen LogP) is 5.35. The molecule has 34 heavy (non-hydrogen) atoms. The molecule has 3 rings (SSSR count). The van der Waals surface area contributed by atoms with Crippen LogP contribution < -0.4 is 14.9 Å². The van der Waals surface area contributed by atoms with Crippen molar-refractivity contribution in [2.45, 2.75) is 13.5 Å². The largest absolute Gasteiger partial charge is 0.507 e. The van der Waals surface area contributed by atoms with Gasteiger partial charge in [-0.15, -0.1) is 0 Å². The van der Waals surface area contributed by atoms with Crippen molar-refractivity contribution < 1.29 is 24.3 Å². The molecular formula is C23H19Cl2N3O6. The van der Waals surface area contributed by atoms with E-state index in [1.54, 1.807) is 24.3 Å². The average molecular weight is 504 g/mol. The third-order valence-electron chi connectivity index (χ3n) is 4.44. The molecule has 0 aliphatic rings. The number of hydrazone groups is 1. The van der Waals surface area contributed by atoms with Gasteiger partial charge in [-0.05, 0) is 48.4 Å². The van der Waals surface area contributed by atoms with Gasteiger partial charge in [0.25, 0.3) is 11.6 Å². The van der Waals surface area contributed by atoms with Crippen LogP contribution in [0.4, 0.5) is 5.69 Å². The molecule has 3 aromatic carbocycles. The number of carbonyl (C=O) groups is 1. The van der Waals surface area contributed by atoms with Crippen LogP contribution in [0, 0.1) is 10.1 Å². The van der Waals surface area contributed by atoms with Crippen molar-refractivity contribution >= 4 is 41.0 Å². The van der Waals surface area contributed by atoms with E-state index in [1.165, 1.54) is 6.21 Å². The molecule has 0 saturated carbocycles. The Hall–Kier alpha value is -3.82. The fraction of sp³-hybridized carbons (Fsp3) is 0.130. The summed E-state index contributed by atoms with van der Waals surface area (Å²) in [5.41, 5.74) is 2.97. The molecule has 0 fully saturated rings. The number of rotatable bonds is 9. The van der Waals surface area contributed by atoms with Crippen LogP contribution in [0.25, 0.3) is 0 Å². The molecule has 0 unspecified atom stereocenters. The van der Waals surface area contributed by atoms with Gasteiger partial charge in [-0.1, -0.05) is 35.3 Å². The summed E-state index contributed by atoms with van der Waals surface area (Å²) < 4.78 is 11.5. The molecule has 3 aromatic rings. The van der Waals surface area contributed by atoms with E-state index >= 15 is 0 Å². The number of benzene rings is 3. The van der Waals surface area contributed by atoms with E-state index in [-0.39, 0.29) is 22.9 Å². The van der Waals surface area contributed by atoms with Crippen LogP contribution in [0.2, 0.25) is 10.0 Å². The molecule has 0 aliphatic carbocycles. The molecule has 1 amide bonds. The van der Waals surface area contributed by atoms with Crippen LogP contribution in [-0.2, 0) is 6.61 Å². The topological polar surface area (TPSA) is 123 Å². The lowest BCUT2D eigenvalue weighted by atomic mass is 10.1. The highest BCUT2D eigenvalue weighted by Gasteiger charge is 2.16. The summed E-state index contributed by atoms with van der Waals surface area (Å²) in [6.07, 6.45) is 1.31. The van der Waals surface area contributed by atoms with E-state index in [9.17, 15) is 20.0 Å². The highest BCUT2D eigenvalue weighted by atomic mass is 35.5. The van der Waals surface area contributed by atoms with E-state index in [4.69, 9.17) is 32.7 Å². The number of carbonyl (C=O) groups excluding carboxylic acids is 1. The fourth-order valence-electron chi connectivity index (χ4n) is 2.85. The second kappa shape index (κ2) is 11.4. The van der Waals surface area contributed by atoms with Gasteiger partial charge in [0.15, 0.2) is 11.5 Å². The number of phenolic OH excluding ortho intramolecular Hbond substituents is 1. The van der Waals surface area contributed by atoms with Crippen molar-refractivity contribution in [2.24, 2.45) is 5.10 Å². The fourth-order valence-corrected chi connectivity index (χ4v) is 3.25. The molecule has 0 spiro atoms. The van der Waals surface area contributed by atoms with E-state index in [0.717, 1.165) is 23.8 Å². The van der Waals surface area contributed by atoms with Gasteiger partial charge in [0.1, 0.15) is 12.4 Å². The lowest BCUT2D eigenvalue weighted by molar-refractivity contribution is -0.384. The second-order valence-electron chi connectivity index (χ2n) is 6.84. The standard InChI is InChI=1S/C23H19Cl2N3O6/c1-2-33-21-10-15(9-19(25)22(21)34-13-14-3-5-16(24)6-4-14)12-26-27-23(30)18-11-17(28(31)32)7-8-20(18)29/h3-12,29H,2,13H2,1H3,(H,27,30)/b26-12-. The molecule has 0 heterocycles. The Labute approximate surface area is 204 Å². The van der Waals surface area contributed by atoms with Crippen LogP contribution >= 0.6 is 23.2 Å². The number of non-ortho nitro benzene ring substituents is 1. The number of phenols is 1. The van der Waals surface area contributed by atoms with Gasteiger partial charge < -0.3 is 14.6 Å². The summed E-state index contributed by atoms with van der Waals surface area (Å²) in [4.78, 5) is 22.5. The molecule has 11 heteroatoms. The van der Waals surface area contributed by atoms with Crippen LogP contribution in [0.1, 0.15) is 28.4 Å². The van der Waals surface area contributed by atoms with Gasteiger partial charge in [0.2, 0.25) is 0 Å². The average Bonchev–Trinajstić information content (AvgIpc) is 2.80. The third kappa shape index (κ3) is 6.37. The molecule has 0 saturated heterocycles. The second-order valence-corrected chi connectivity index (χ2v) is 7.68. The maximum Gasteiger partial charge on any atom is 0.275 e. The molecule has 9 nitrogen and oxygen atoms in total. The van der Waals surface area contributed by atoms with Crippen molar-refractivity contribution in [2.75, 3.05) is 6.61 Å². The first-order chi connectivity index (χ1) is 16.3. The maximum atomic E-state index is 12.3. The van der Waals surface area contributed by atoms with Crippen LogP contribution in [-0.4, -0.2) is 28.8 Å². The summed E-state index contributed by atoms with van der Waals surface area (Å²) in [5, 5.41) is 25.4. The van der Waals surface area contributed by atoms with Crippen molar-refractivity contribution in [1.82, 2.24) is 5.43 Å². The molecule has 0 radical (unpaired) electrons. The first-order valence-electron chi connectivity index (χ1n) is 9.93. The molecule has 0 atom stereocenters. The van der Waals surface area contributed by atoms with E-state index in [1.807, 2.05) is 19.1 Å². The predicted molar refractivity (Wildman–Crippen MR) is 128 cm³/mol. The minimum Gasteiger partial charge on any atom is -0.507 e. The quantitative estimate of drug-likeness (QED) is 0.230. The first-order valence-corrected chi connectivity index (χ1v) is 10.7. The number of halogens is 2. The Morgan fingerprint density at radius 2 is 1.88 bits per heavy atom. The molecule has 0 bridgehead atoms. The van der Waals surface area contributed by atoms with Crippen molar-refractivity contribution in [3.8, 4) is 17.2 Å². The number of hydrogen-bond donors (Lipinski definition) is 2.